The third kappa shape index (κ3) is 4.04. The molecule has 2 aromatic rings. The topological polar surface area (TPSA) is 44.1 Å². The molecular formula is C16H17BrN2O2. The van der Waals surface area contributed by atoms with Crippen molar-refractivity contribution in [3.63, 3.8) is 0 Å². The predicted octanol–water partition coefficient (Wildman–Crippen LogP) is 3.56. The van der Waals surface area contributed by atoms with E-state index in [1.54, 1.807) is 10.8 Å². The van der Waals surface area contributed by atoms with Crippen molar-refractivity contribution in [3.05, 3.63) is 57.3 Å². The second kappa shape index (κ2) is 6.72. The van der Waals surface area contributed by atoms with Crippen LogP contribution in [0, 0.1) is 13.8 Å². The lowest BCUT2D eigenvalue weighted by Crippen LogP contribution is -2.00. The zero-order valence-corrected chi connectivity index (χ0v) is 13.8. The van der Waals surface area contributed by atoms with Gasteiger partial charge in [-0.15, -0.1) is 0 Å². The molecule has 0 spiro atoms. The van der Waals surface area contributed by atoms with Crippen molar-refractivity contribution in [2.75, 3.05) is 0 Å². The summed E-state index contributed by atoms with van der Waals surface area (Å²) in [6, 6.07) is 7.66. The van der Waals surface area contributed by atoms with Crippen LogP contribution in [0.3, 0.4) is 0 Å². The van der Waals surface area contributed by atoms with E-state index in [0.29, 0.717) is 0 Å². The summed E-state index contributed by atoms with van der Waals surface area (Å²) >= 11 is 3.36. The molecule has 0 amide bonds. The number of carbonyl (C=O) groups is 1. The highest BCUT2D eigenvalue weighted by molar-refractivity contribution is 9.10. The van der Waals surface area contributed by atoms with E-state index in [0.717, 1.165) is 27.0 Å². The van der Waals surface area contributed by atoms with Crippen LogP contribution in [0.4, 0.5) is 0 Å². The van der Waals surface area contributed by atoms with Gasteiger partial charge in [0.25, 0.3) is 0 Å². The average Bonchev–Trinajstić information content (AvgIpc) is 2.69. The van der Waals surface area contributed by atoms with Gasteiger partial charge < -0.3 is 4.74 Å². The number of halogens is 1. The van der Waals surface area contributed by atoms with Crippen molar-refractivity contribution >= 4 is 28.0 Å². The molecule has 0 aliphatic heterocycles. The molecule has 2 rings (SSSR count). The number of benzene rings is 1. The van der Waals surface area contributed by atoms with Crippen LogP contribution in [0.2, 0.25) is 0 Å². The third-order valence-electron chi connectivity index (χ3n) is 3.25. The van der Waals surface area contributed by atoms with Crippen molar-refractivity contribution < 1.29 is 9.53 Å². The first kappa shape index (κ1) is 15.5. The summed E-state index contributed by atoms with van der Waals surface area (Å²) in [7, 11) is 1.88. The number of aromatic nitrogens is 2. The van der Waals surface area contributed by atoms with Crippen LogP contribution < -0.4 is 0 Å². The van der Waals surface area contributed by atoms with Crippen LogP contribution >= 0.6 is 15.9 Å². The fourth-order valence-corrected chi connectivity index (χ4v) is 2.23. The van der Waals surface area contributed by atoms with E-state index in [-0.39, 0.29) is 12.6 Å². The van der Waals surface area contributed by atoms with Gasteiger partial charge in [-0.1, -0.05) is 28.1 Å². The van der Waals surface area contributed by atoms with Crippen molar-refractivity contribution in [1.29, 1.82) is 0 Å². The molecule has 0 aliphatic rings. The Morgan fingerprint density at radius 1 is 1.33 bits per heavy atom. The maximum Gasteiger partial charge on any atom is 0.331 e. The Morgan fingerprint density at radius 2 is 2.00 bits per heavy atom. The SMILES string of the molecule is Cc1nn(C)c(C)c1/C=C/C(=O)OCc1ccc(Br)cc1. The Kier molecular flexibility index (Phi) is 4.96. The minimum absolute atomic E-state index is 0.265. The van der Waals surface area contributed by atoms with Crippen molar-refractivity contribution in [1.82, 2.24) is 9.78 Å². The molecular weight excluding hydrogens is 332 g/mol. The summed E-state index contributed by atoms with van der Waals surface area (Å²) in [6.45, 7) is 4.15. The molecule has 0 saturated carbocycles. The Hall–Kier alpha value is -1.88. The first-order valence-electron chi connectivity index (χ1n) is 6.57. The maximum absolute atomic E-state index is 11.7. The van der Waals surface area contributed by atoms with E-state index in [4.69, 9.17) is 4.74 Å². The van der Waals surface area contributed by atoms with Crippen LogP contribution in [0.15, 0.2) is 34.8 Å². The second-order valence-corrected chi connectivity index (χ2v) is 5.69. The molecule has 0 fully saturated rings. The molecule has 0 saturated heterocycles. The molecule has 4 nitrogen and oxygen atoms in total. The van der Waals surface area contributed by atoms with E-state index in [1.807, 2.05) is 45.2 Å². The average molecular weight is 349 g/mol. The normalized spacial score (nSPS) is 11.0. The summed E-state index contributed by atoms with van der Waals surface area (Å²) in [5.74, 6) is -0.361. The molecule has 1 aromatic heterocycles. The smallest absolute Gasteiger partial charge is 0.331 e. The lowest BCUT2D eigenvalue weighted by Gasteiger charge is -2.02. The van der Waals surface area contributed by atoms with E-state index < -0.39 is 0 Å². The largest absolute Gasteiger partial charge is 0.458 e. The summed E-state index contributed by atoms with van der Waals surface area (Å²) in [5, 5.41) is 4.30. The monoisotopic (exact) mass is 348 g/mol. The van der Waals surface area contributed by atoms with Crippen LogP contribution in [-0.2, 0) is 23.2 Å². The molecule has 1 heterocycles. The number of nitrogens with zero attached hydrogens (tertiary/aromatic N) is 2. The minimum Gasteiger partial charge on any atom is -0.458 e. The summed E-state index contributed by atoms with van der Waals surface area (Å²) < 4.78 is 8.00. The van der Waals surface area contributed by atoms with Gasteiger partial charge in [0.15, 0.2) is 0 Å². The highest BCUT2D eigenvalue weighted by atomic mass is 79.9. The molecule has 0 bridgehead atoms. The van der Waals surface area contributed by atoms with Gasteiger partial charge in [-0.05, 0) is 37.6 Å². The van der Waals surface area contributed by atoms with Gasteiger partial charge in [0.2, 0.25) is 0 Å². The number of ether oxygens (including phenoxy) is 1. The highest BCUT2D eigenvalue weighted by Gasteiger charge is 2.07. The van der Waals surface area contributed by atoms with Gasteiger partial charge >= 0.3 is 5.97 Å². The standard InChI is InChI=1S/C16H17BrN2O2/c1-11-15(12(2)19(3)18-11)8-9-16(20)21-10-13-4-6-14(17)7-5-13/h4-9H,10H2,1-3H3/b9-8+. The fraction of sp³-hybridized carbons (Fsp3) is 0.250. The summed E-state index contributed by atoms with van der Waals surface area (Å²) in [5.41, 5.74) is 3.82. The van der Waals surface area contributed by atoms with Gasteiger partial charge in [0.1, 0.15) is 6.61 Å². The van der Waals surface area contributed by atoms with Crippen molar-refractivity contribution in [2.45, 2.75) is 20.5 Å². The molecule has 110 valence electrons. The van der Waals surface area contributed by atoms with E-state index in [1.165, 1.54) is 6.08 Å². The summed E-state index contributed by atoms with van der Waals surface area (Å²) in [4.78, 5) is 11.7. The first-order valence-corrected chi connectivity index (χ1v) is 7.36. The second-order valence-electron chi connectivity index (χ2n) is 4.78. The molecule has 21 heavy (non-hydrogen) atoms. The highest BCUT2D eigenvalue weighted by Crippen LogP contribution is 2.14. The molecule has 0 atom stereocenters. The molecule has 5 heteroatoms. The first-order chi connectivity index (χ1) is 9.97. The molecule has 1 aromatic carbocycles. The van der Waals surface area contributed by atoms with Gasteiger partial charge in [-0.3, -0.25) is 4.68 Å². The van der Waals surface area contributed by atoms with Crippen LogP contribution in [0.25, 0.3) is 6.08 Å². The number of hydrogen-bond acceptors (Lipinski definition) is 3. The van der Waals surface area contributed by atoms with E-state index in [2.05, 4.69) is 21.0 Å². The van der Waals surface area contributed by atoms with Crippen molar-refractivity contribution in [3.8, 4) is 0 Å². The quantitative estimate of drug-likeness (QED) is 0.626. The molecule has 0 N–H and O–H groups in total. The van der Waals surface area contributed by atoms with Gasteiger partial charge in [-0.25, -0.2) is 4.79 Å². The maximum atomic E-state index is 11.7. The zero-order chi connectivity index (χ0) is 15.4. The third-order valence-corrected chi connectivity index (χ3v) is 3.77. The lowest BCUT2D eigenvalue weighted by atomic mass is 10.2. The van der Waals surface area contributed by atoms with E-state index >= 15 is 0 Å². The fourth-order valence-electron chi connectivity index (χ4n) is 1.97. The molecule has 0 unspecified atom stereocenters. The minimum atomic E-state index is -0.361. The Morgan fingerprint density at radius 3 is 2.57 bits per heavy atom. The number of esters is 1. The Labute approximate surface area is 132 Å². The zero-order valence-electron chi connectivity index (χ0n) is 12.3. The van der Waals surface area contributed by atoms with E-state index in [9.17, 15) is 4.79 Å². The number of aryl methyl sites for hydroxylation is 2. The Balaban J connectivity index is 1.95. The van der Waals surface area contributed by atoms with Crippen LogP contribution in [-0.4, -0.2) is 15.7 Å². The predicted molar refractivity (Wildman–Crippen MR) is 85.7 cm³/mol. The molecule has 0 radical (unpaired) electrons. The van der Waals surface area contributed by atoms with Gasteiger partial charge in [0, 0.05) is 28.9 Å². The molecule has 0 aliphatic carbocycles. The number of rotatable bonds is 4. The Bertz CT molecular complexity index is 672. The lowest BCUT2D eigenvalue weighted by molar-refractivity contribution is -0.138. The number of carbonyl (C=O) groups excluding carboxylic acids is 1. The number of hydrogen-bond donors (Lipinski definition) is 0. The van der Waals surface area contributed by atoms with Crippen LogP contribution in [0.5, 0.6) is 0 Å². The van der Waals surface area contributed by atoms with Crippen LogP contribution in [0.1, 0.15) is 22.5 Å². The van der Waals surface area contributed by atoms with Crippen molar-refractivity contribution in [2.24, 2.45) is 7.05 Å². The van der Waals surface area contributed by atoms with Gasteiger partial charge in [0.05, 0.1) is 5.69 Å². The summed E-state index contributed by atoms with van der Waals surface area (Å²) in [6.07, 6.45) is 3.19. The van der Waals surface area contributed by atoms with Gasteiger partial charge in [-0.2, -0.15) is 5.10 Å².